The number of nitrogens with one attached hydrogen (secondary N) is 1. The predicted molar refractivity (Wildman–Crippen MR) is 131 cm³/mol. The first-order valence-electron chi connectivity index (χ1n) is 11.7. The third-order valence-corrected chi connectivity index (χ3v) is 7.45. The fourth-order valence-corrected chi connectivity index (χ4v) is 5.55. The molecule has 1 amide bonds. The van der Waals surface area contributed by atoms with Crippen LogP contribution in [0.25, 0.3) is 10.8 Å². The van der Waals surface area contributed by atoms with Gasteiger partial charge in [0.25, 0.3) is 0 Å². The number of rotatable bonds is 7. The van der Waals surface area contributed by atoms with Gasteiger partial charge < -0.3 is 9.47 Å². The van der Waals surface area contributed by atoms with Crippen LogP contribution >= 0.6 is 0 Å². The summed E-state index contributed by atoms with van der Waals surface area (Å²) in [5, 5.41) is 6.58. The lowest BCUT2D eigenvalue weighted by Gasteiger charge is -2.15. The standard InChI is InChI=1S/C28H30N2O3/c1-28-15-6-5-12-23(28)26(28)27(31)30-29-17-19-13-14-24(25(16-19)32-2)33-18-21-10-7-9-20-8-3-4-11-22(20)21/h3-4,7-11,13-14,16-17,23,26H,5-6,12,15,18H2,1-2H3,(H,30,31)/b29-17-/t23-,26+,28+/m1/s1. The third-order valence-electron chi connectivity index (χ3n) is 7.45. The monoisotopic (exact) mass is 442 g/mol. The molecule has 0 saturated heterocycles. The lowest BCUT2D eigenvalue weighted by molar-refractivity contribution is -0.123. The van der Waals surface area contributed by atoms with Gasteiger partial charge in [-0.2, -0.15) is 5.10 Å². The molecule has 0 aromatic heterocycles. The first-order valence-corrected chi connectivity index (χ1v) is 11.7. The highest BCUT2D eigenvalue weighted by Gasteiger charge is 2.64. The van der Waals surface area contributed by atoms with Gasteiger partial charge in [-0.3, -0.25) is 4.79 Å². The van der Waals surface area contributed by atoms with Crippen molar-refractivity contribution < 1.29 is 14.3 Å². The molecular formula is C28H30N2O3. The minimum Gasteiger partial charge on any atom is -0.493 e. The van der Waals surface area contributed by atoms with Crippen molar-refractivity contribution in [3.63, 3.8) is 0 Å². The molecule has 5 rings (SSSR count). The van der Waals surface area contributed by atoms with Gasteiger partial charge in [0.1, 0.15) is 6.61 Å². The van der Waals surface area contributed by atoms with Crippen LogP contribution in [0.1, 0.15) is 43.7 Å². The van der Waals surface area contributed by atoms with Crippen molar-refractivity contribution >= 4 is 22.9 Å². The summed E-state index contributed by atoms with van der Waals surface area (Å²) in [7, 11) is 1.62. The molecule has 0 radical (unpaired) electrons. The van der Waals surface area contributed by atoms with Gasteiger partial charge in [-0.1, -0.05) is 62.2 Å². The summed E-state index contributed by atoms with van der Waals surface area (Å²) in [6.07, 6.45) is 6.44. The van der Waals surface area contributed by atoms with Crippen LogP contribution in [0.3, 0.4) is 0 Å². The van der Waals surface area contributed by atoms with Crippen LogP contribution in [-0.2, 0) is 11.4 Å². The Morgan fingerprint density at radius 1 is 1.12 bits per heavy atom. The van der Waals surface area contributed by atoms with Crippen LogP contribution in [0.2, 0.25) is 0 Å². The number of hydrazone groups is 1. The van der Waals surface area contributed by atoms with Crippen LogP contribution in [0.4, 0.5) is 0 Å². The minimum atomic E-state index is 0.0441. The van der Waals surface area contributed by atoms with Crippen LogP contribution in [0, 0.1) is 17.3 Å². The van der Waals surface area contributed by atoms with Crippen LogP contribution in [-0.4, -0.2) is 19.2 Å². The average molecular weight is 443 g/mol. The van der Waals surface area contributed by atoms with E-state index in [2.05, 4.69) is 41.7 Å². The molecule has 2 saturated carbocycles. The fraction of sp³-hybridized carbons (Fsp3) is 0.357. The molecule has 5 nitrogen and oxygen atoms in total. The third kappa shape index (κ3) is 4.20. The lowest BCUT2D eigenvalue weighted by Crippen LogP contribution is -2.22. The zero-order chi connectivity index (χ0) is 22.8. The number of methoxy groups -OCH3 is 1. The first kappa shape index (κ1) is 21.5. The summed E-state index contributed by atoms with van der Waals surface area (Å²) in [5.41, 5.74) is 4.89. The van der Waals surface area contributed by atoms with Crippen LogP contribution in [0.5, 0.6) is 11.5 Å². The van der Waals surface area contributed by atoms with E-state index in [1.807, 2.05) is 36.4 Å². The molecule has 2 aliphatic rings. The number of hydrogen-bond donors (Lipinski definition) is 1. The Labute approximate surface area is 194 Å². The van der Waals surface area contributed by atoms with Crippen molar-refractivity contribution in [2.45, 2.75) is 39.2 Å². The Hall–Kier alpha value is -3.34. The highest BCUT2D eigenvalue weighted by molar-refractivity contribution is 5.87. The summed E-state index contributed by atoms with van der Waals surface area (Å²) in [5.74, 6) is 1.98. The molecule has 1 N–H and O–H groups in total. The van der Waals surface area contributed by atoms with Gasteiger partial charge in [0, 0.05) is 5.92 Å². The Morgan fingerprint density at radius 2 is 1.97 bits per heavy atom. The van der Waals surface area contributed by atoms with Gasteiger partial charge in [0.05, 0.1) is 13.3 Å². The molecule has 2 fully saturated rings. The summed E-state index contributed by atoms with van der Waals surface area (Å²) in [6, 6.07) is 20.2. The highest BCUT2D eigenvalue weighted by Crippen LogP contribution is 2.66. The number of fused-ring (bicyclic) bond motifs is 2. The van der Waals surface area contributed by atoms with E-state index in [-0.39, 0.29) is 17.2 Å². The molecule has 3 aromatic carbocycles. The van der Waals surface area contributed by atoms with Gasteiger partial charge in [-0.05, 0) is 64.3 Å². The van der Waals surface area contributed by atoms with Gasteiger partial charge in [0.15, 0.2) is 11.5 Å². The number of carbonyl (C=O) groups is 1. The van der Waals surface area contributed by atoms with E-state index in [1.165, 1.54) is 23.6 Å². The molecule has 0 aliphatic heterocycles. The maximum absolute atomic E-state index is 12.6. The van der Waals surface area contributed by atoms with E-state index in [0.717, 1.165) is 24.0 Å². The van der Waals surface area contributed by atoms with Crippen molar-refractivity contribution in [2.24, 2.45) is 22.4 Å². The number of nitrogens with zero attached hydrogens (tertiary/aromatic N) is 1. The maximum atomic E-state index is 12.6. The molecule has 3 aromatic rings. The normalized spacial score (nSPS) is 23.8. The Balaban J connectivity index is 1.22. The van der Waals surface area contributed by atoms with E-state index < -0.39 is 0 Å². The predicted octanol–water partition coefficient (Wildman–Crippen LogP) is 5.70. The summed E-state index contributed by atoms with van der Waals surface area (Å²) >= 11 is 0. The Kier molecular flexibility index (Phi) is 5.79. The van der Waals surface area contributed by atoms with E-state index in [9.17, 15) is 4.79 Å². The number of carbonyl (C=O) groups excluding carboxylic acids is 1. The van der Waals surface area contributed by atoms with Crippen molar-refractivity contribution in [3.8, 4) is 11.5 Å². The van der Waals surface area contributed by atoms with Gasteiger partial charge in [-0.15, -0.1) is 0 Å². The molecule has 170 valence electrons. The Morgan fingerprint density at radius 3 is 2.79 bits per heavy atom. The molecule has 33 heavy (non-hydrogen) atoms. The van der Waals surface area contributed by atoms with Crippen molar-refractivity contribution in [1.29, 1.82) is 0 Å². The smallest absolute Gasteiger partial charge is 0.244 e. The zero-order valence-electron chi connectivity index (χ0n) is 19.2. The van der Waals surface area contributed by atoms with E-state index in [1.54, 1.807) is 13.3 Å². The van der Waals surface area contributed by atoms with E-state index in [4.69, 9.17) is 9.47 Å². The second-order valence-corrected chi connectivity index (χ2v) is 9.41. The van der Waals surface area contributed by atoms with Crippen LogP contribution in [0.15, 0.2) is 65.8 Å². The number of hydrogen-bond acceptors (Lipinski definition) is 4. The molecule has 3 atom stereocenters. The van der Waals surface area contributed by atoms with Crippen molar-refractivity contribution in [3.05, 3.63) is 71.8 Å². The average Bonchev–Trinajstić information content (AvgIpc) is 3.48. The number of ether oxygens (including phenoxy) is 2. The maximum Gasteiger partial charge on any atom is 0.244 e. The molecule has 0 unspecified atom stereocenters. The fourth-order valence-electron chi connectivity index (χ4n) is 5.55. The van der Waals surface area contributed by atoms with Crippen molar-refractivity contribution in [1.82, 2.24) is 5.43 Å². The van der Waals surface area contributed by atoms with Gasteiger partial charge in [0.2, 0.25) is 5.91 Å². The summed E-state index contributed by atoms with van der Waals surface area (Å²) in [4.78, 5) is 12.6. The number of benzene rings is 3. The van der Waals surface area contributed by atoms with E-state index >= 15 is 0 Å². The first-order chi connectivity index (χ1) is 16.1. The SMILES string of the molecule is COc1cc(/C=N\NC(=O)[C@@H]2[C@H]3CCCC[C@@]32C)ccc1OCc1cccc2ccccc12. The molecule has 5 heteroatoms. The highest BCUT2D eigenvalue weighted by atomic mass is 16.5. The molecule has 0 heterocycles. The minimum absolute atomic E-state index is 0.0441. The quantitative estimate of drug-likeness (QED) is 0.377. The second kappa shape index (κ2) is 8.89. The lowest BCUT2D eigenvalue weighted by atomic mass is 9.90. The Bertz CT molecular complexity index is 1200. The molecular weight excluding hydrogens is 412 g/mol. The summed E-state index contributed by atoms with van der Waals surface area (Å²) in [6.45, 7) is 2.69. The zero-order valence-corrected chi connectivity index (χ0v) is 19.2. The largest absolute Gasteiger partial charge is 0.493 e. The van der Waals surface area contributed by atoms with Gasteiger partial charge >= 0.3 is 0 Å². The second-order valence-electron chi connectivity index (χ2n) is 9.41. The molecule has 2 aliphatic carbocycles. The van der Waals surface area contributed by atoms with Crippen molar-refractivity contribution in [2.75, 3.05) is 7.11 Å². The van der Waals surface area contributed by atoms with Crippen LogP contribution < -0.4 is 14.9 Å². The summed E-state index contributed by atoms with van der Waals surface area (Å²) < 4.78 is 11.6. The molecule has 0 spiro atoms. The topological polar surface area (TPSA) is 59.9 Å². The number of amides is 1. The van der Waals surface area contributed by atoms with Gasteiger partial charge in [-0.25, -0.2) is 5.43 Å². The molecule has 0 bridgehead atoms. The van der Waals surface area contributed by atoms with E-state index in [0.29, 0.717) is 24.0 Å².